The molecule has 0 fully saturated rings. The number of hydrogen-bond donors (Lipinski definition) is 1. The fraction of sp³-hybridized carbons (Fsp3) is 0.158. The Kier molecular flexibility index (Phi) is 7.61. The van der Waals surface area contributed by atoms with Crippen molar-refractivity contribution in [2.75, 3.05) is 5.75 Å². The Hall–Kier alpha value is -2.95. The van der Waals surface area contributed by atoms with Crippen LogP contribution in [0, 0.1) is 10.1 Å². The number of carbonyl (C=O) groups is 1. The van der Waals surface area contributed by atoms with Gasteiger partial charge in [0, 0.05) is 39.8 Å². The van der Waals surface area contributed by atoms with E-state index in [1.165, 1.54) is 36.2 Å². The van der Waals surface area contributed by atoms with Crippen LogP contribution in [-0.2, 0) is 11.3 Å². The Bertz CT molecular complexity index is 1130. The molecular formula is C19H16Cl2N6O3S. The summed E-state index contributed by atoms with van der Waals surface area (Å²) in [6, 6.07) is 11.2. The molecule has 160 valence electrons. The lowest BCUT2D eigenvalue weighted by Gasteiger charge is -2.07. The molecule has 0 aliphatic rings. The second-order valence-electron chi connectivity index (χ2n) is 6.10. The van der Waals surface area contributed by atoms with E-state index in [-0.39, 0.29) is 22.4 Å². The first-order valence-corrected chi connectivity index (χ1v) is 10.7. The lowest BCUT2D eigenvalue weighted by atomic mass is 10.2. The van der Waals surface area contributed by atoms with Gasteiger partial charge in [0.25, 0.3) is 11.6 Å². The molecule has 12 heteroatoms. The molecule has 3 rings (SSSR count). The Morgan fingerprint density at radius 2 is 2.00 bits per heavy atom. The van der Waals surface area contributed by atoms with Gasteiger partial charge in [0.15, 0.2) is 11.0 Å². The SMILES string of the molecule is CCn1c(SCC(=O)N/N=C\c2cc([N+](=O)[O-])ccc2Cl)nnc1-c1ccc(Cl)cc1. The van der Waals surface area contributed by atoms with Gasteiger partial charge in [-0.05, 0) is 37.3 Å². The zero-order chi connectivity index (χ0) is 22.4. The minimum atomic E-state index is -0.537. The molecule has 1 heterocycles. The highest BCUT2D eigenvalue weighted by molar-refractivity contribution is 7.99. The summed E-state index contributed by atoms with van der Waals surface area (Å²) < 4.78 is 1.90. The highest BCUT2D eigenvalue weighted by atomic mass is 35.5. The van der Waals surface area contributed by atoms with Crippen molar-refractivity contribution in [3.8, 4) is 11.4 Å². The molecule has 1 aromatic heterocycles. The normalized spacial score (nSPS) is 11.1. The molecule has 0 saturated heterocycles. The number of aromatic nitrogens is 3. The molecule has 0 saturated carbocycles. The van der Waals surface area contributed by atoms with Crippen molar-refractivity contribution in [2.24, 2.45) is 5.10 Å². The van der Waals surface area contributed by atoms with Gasteiger partial charge in [0.1, 0.15) is 0 Å². The lowest BCUT2D eigenvalue weighted by molar-refractivity contribution is -0.384. The van der Waals surface area contributed by atoms with Crippen molar-refractivity contribution in [1.82, 2.24) is 20.2 Å². The smallest absolute Gasteiger partial charge is 0.270 e. The molecular weight excluding hydrogens is 463 g/mol. The standard InChI is InChI=1S/C19H16Cl2N6O3S/c1-2-26-18(12-3-5-14(20)6-4-12)24-25-19(26)31-11-17(28)23-22-10-13-9-15(27(29)30)7-8-16(13)21/h3-10H,2,11H2,1H3,(H,23,28)/b22-10-. The van der Waals surface area contributed by atoms with Crippen LogP contribution in [0.2, 0.25) is 10.0 Å². The van der Waals surface area contributed by atoms with Crippen LogP contribution in [0.1, 0.15) is 12.5 Å². The quantitative estimate of drug-likeness (QED) is 0.221. The van der Waals surface area contributed by atoms with Crippen molar-refractivity contribution < 1.29 is 9.72 Å². The summed E-state index contributed by atoms with van der Waals surface area (Å²) in [4.78, 5) is 22.4. The maximum Gasteiger partial charge on any atom is 0.270 e. The average Bonchev–Trinajstić information content (AvgIpc) is 3.16. The molecule has 0 aliphatic carbocycles. The van der Waals surface area contributed by atoms with Crippen LogP contribution in [0.25, 0.3) is 11.4 Å². The molecule has 0 unspecified atom stereocenters. The van der Waals surface area contributed by atoms with E-state index in [9.17, 15) is 14.9 Å². The van der Waals surface area contributed by atoms with Crippen LogP contribution >= 0.6 is 35.0 Å². The van der Waals surface area contributed by atoms with Gasteiger partial charge in [-0.1, -0.05) is 35.0 Å². The van der Waals surface area contributed by atoms with Gasteiger partial charge in [-0.2, -0.15) is 5.10 Å². The molecule has 0 aliphatic heterocycles. The predicted octanol–water partition coefficient (Wildman–Crippen LogP) is 4.42. The summed E-state index contributed by atoms with van der Waals surface area (Å²) in [5.41, 5.74) is 3.44. The van der Waals surface area contributed by atoms with Gasteiger partial charge in [-0.25, -0.2) is 5.43 Å². The summed E-state index contributed by atoms with van der Waals surface area (Å²) in [6.07, 6.45) is 1.26. The lowest BCUT2D eigenvalue weighted by Crippen LogP contribution is -2.20. The molecule has 0 atom stereocenters. The zero-order valence-corrected chi connectivity index (χ0v) is 18.5. The van der Waals surface area contributed by atoms with Gasteiger partial charge in [0.2, 0.25) is 0 Å². The number of hydrazone groups is 1. The van der Waals surface area contributed by atoms with Crippen molar-refractivity contribution >= 4 is 52.8 Å². The highest BCUT2D eigenvalue weighted by Gasteiger charge is 2.14. The Morgan fingerprint density at radius 3 is 2.68 bits per heavy atom. The van der Waals surface area contributed by atoms with Crippen LogP contribution < -0.4 is 5.43 Å². The van der Waals surface area contributed by atoms with Crippen LogP contribution in [0.3, 0.4) is 0 Å². The second-order valence-corrected chi connectivity index (χ2v) is 7.89. The summed E-state index contributed by atoms with van der Waals surface area (Å²) in [6.45, 7) is 2.58. The molecule has 31 heavy (non-hydrogen) atoms. The van der Waals surface area contributed by atoms with Gasteiger partial charge < -0.3 is 4.57 Å². The number of nitrogens with zero attached hydrogens (tertiary/aromatic N) is 5. The van der Waals surface area contributed by atoms with E-state index in [1.54, 1.807) is 12.1 Å². The number of amides is 1. The van der Waals surface area contributed by atoms with Crippen molar-refractivity contribution in [2.45, 2.75) is 18.6 Å². The van der Waals surface area contributed by atoms with E-state index < -0.39 is 4.92 Å². The summed E-state index contributed by atoms with van der Waals surface area (Å²) in [5, 5.41) is 24.6. The highest BCUT2D eigenvalue weighted by Crippen LogP contribution is 2.25. The molecule has 0 spiro atoms. The first-order valence-electron chi connectivity index (χ1n) is 8.96. The minimum Gasteiger partial charge on any atom is -0.302 e. The molecule has 1 N–H and O–H groups in total. The van der Waals surface area contributed by atoms with Crippen molar-refractivity contribution in [3.05, 3.63) is 68.2 Å². The third kappa shape index (κ3) is 5.81. The third-order valence-electron chi connectivity index (χ3n) is 4.05. The third-order valence-corrected chi connectivity index (χ3v) is 5.61. The minimum absolute atomic E-state index is 0.0543. The molecule has 3 aromatic rings. The van der Waals surface area contributed by atoms with Crippen molar-refractivity contribution in [3.63, 3.8) is 0 Å². The van der Waals surface area contributed by atoms with Crippen molar-refractivity contribution in [1.29, 1.82) is 0 Å². The number of halogens is 2. The van der Waals surface area contributed by atoms with Crippen LogP contribution in [0.4, 0.5) is 5.69 Å². The van der Waals surface area contributed by atoms with Gasteiger partial charge in [-0.15, -0.1) is 10.2 Å². The first kappa shape index (κ1) is 22.7. The van der Waals surface area contributed by atoms with Crippen LogP contribution in [-0.4, -0.2) is 37.6 Å². The Morgan fingerprint density at radius 1 is 1.26 bits per heavy atom. The second kappa shape index (κ2) is 10.4. The number of nitro groups is 1. The summed E-state index contributed by atoms with van der Waals surface area (Å²) in [7, 11) is 0. The first-order chi connectivity index (χ1) is 14.9. The number of non-ortho nitro benzene ring substituents is 1. The summed E-state index contributed by atoms with van der Waals surface area (Å²) >= 11 is 13.1. The Balaban J connectivity index is 1.61. The van der Waals surface area contributed by atoms with Gasteiger partial charge >= 0.3 is 0 Å². The van der Waals surface area contributed by atoms with E-state index in [1.807, 2.05) is 23.6 Å². The average molecular weight is 479 g/mol. The van der Waals surface area contributed by atoms with E-state index >= 15 is 0 Å². The number of nitro benzene ring substituents is 1. The largest absolute Gasteiger partial charge is 0.302 e. The summed E-state index contributed by atoms with van der Waals surface area (Å²) in [5.74, 6) is 0.362. The number of rotatable bonds is 8. The Labute approximate surface area is 191 Å². The number of benzene rings is 2. The molecule has 0 bridgehead atoms. The van der Waals surface area contributed by atoms with Gasteiger partial charge in [-0.3, -0.25) is 14.9 Å². The molecule has 1 amide bonds. The van der Waals surface area contributed by atoms with Crippen LogP contribution in [0.15, 0.2) is 52.7 Å². The zero-order valence-electron chi connectivity index (χ0n) is 16.2. The van der Waals surface area contributed by atoms with Gasteiger partial charge in [0.05, 0.1) is 16.9 Å². The van der Waals surface area contributed by atoms with Crippen LogP contribution in [0.5, 0.6) is 0 Å². The van der Waals surface area contributed by atoms with E-state index in [0.717, 1.165) is 5.56 Å². The molecule has 2 aromatic carbocycles. The van der Waals surface area contributed by atoms with E-state index in [4.69, 9.17) is 23.2 Å². The number of nitrogens with one attached hydrogen (secondary N) is 1. The fourth-order valence-electron chi connectivity index (χ4n) is 2.57. The predicted molar refractivity (Wildman–Crippen MR) is 121 cm³/mol. The number of carbonyl (C=O) groups excluding carboxylic acids is 1. The number of hydrogen-bond acceptors (Lipinski definition) is 7. The maximum absolute atomic E-state index is 12.1. The number of thioether (sulfide) groups is 1. The maximum atomic E-state index is 12.1. The molecule has 0 radical (unpaired) electrons. The van der Waals surface area contributed by atoms with E-state index in [2.05, 4.69) is 20.7 Å². The molecule has 9 nitrogen and oxygen atoms in total. The monoisotopic (exact) mass is 478 g/mol. The topological polar surface area (TPSA) is 115 Å². The fourth-order valence-corrected chi connectivity index (χ4v) is 3.66. The van der Waals surface area contributed by atoms with E-state index in [0.29, 0.717) is 28.1 Å².